The van der Waals surface area contributed by atoms with Gasteiger partial charge in [-0.25, -0.2) is 0 Å². The quantitative estimate of drug-likeness (QED) is 0.455. The molecule has 0 N–H and O–H groups in total. The van der Waals surface area contributed by atoms with Gasteiger partial charge in [0, 0.05) is 10.8 Å². The van der Waals surface area contributed by atoms with Crippen molar-refractivity contribution in [3.05, 3.63) is 59.7 Å². The first kappa shape index (κ1) is 22.4. The van der Waals surface area contributed by atoms with Crippen molar-refractivity contribution in [2.75, 3.05) is 7.11 Å². The van der Waals surface area contributed by atoms with Gasteiger partial charge < -0.3 is 9.47 Å². The third-order valence-electron chi connectivity index (χ3n) is 4.12. The van der Waals surface area contributed by atoms with Gasteiger partial charge in [0.05, 0.1) is 24.3 Å². The third-order valence-corrected chi connectivity index (χ3v) is 6.39. The molecule has 0 spiro atoms. The van der Waals surface area contributed by atoms with E-state index in [1.807, 2.05) is 52.0 Å². The molecule has 3 atom stereocenters. The van der Waals surface area contributed by atoms with Crippen LogP contribution in [0, 0.1) is 6.92 Å². The summed E-state index contributed by atoms with van der Waals surface area (Å²) in [6.07, 6.45) is 0.0371. The number of hydrogen-bond donors (Lipinski definition) is 0. The number of methoxy groups -OCH3 is 1. The molecule has 6 heteroatoms. The van der Waals surface area contributed by atoms with Gasteiger partial charge in [-0.15, -0.1) is 11.6 Å². The van der Waals surface area contributed by atoms with Crippen molar-refractivity contribution in [2.24, 2.45) is 0 Å². The molecule has 4 nitrogen and oxygen atoms in total. The van der Waals surface area contributed by atoms with E-state index >= 15 is 0 Å². The number of aryl methyl sites for hydroxylation is 1. The summed E-state index contributed by atoms with van der Waals surface area (Å²) < 4.78 is 22.9. The standard InChI is InChI=1S/C22H27ClO4S/c1-15-6-12-18(13-7-15)28(25)21(23)19(14-20(24)27-22(2,3)4)16-8-10-17(26-5)11-9-16/h6-13,19,21H,14H2,1-5H3/t19-,21+,28?/m1/s1. The molecule has 0 heterocycles. The van der Waals surface area contributed by atoms with Crippen molar-refractivity contribution in [2.45, 2.75) is 55.2 Å². The first-order valence-corrected chi connectivity index (χ1v) is 10.7. The van der Waals surface area contributed by atoms with Crippen LogP contribution in [0.2, 0.25) is 0 Å². The zero-order valence-corrected chi connectivity index (χ0v) is 18.5. The van der Waals surface area contributed by atoms with Gasteiger partial charge in [-0.3, -0.25) is 9.00 Å². The lowest BCUT2D eigenvalue weighted by molar-refractivity contribution is -0.155. The maximum absolute atomic E-state index is 13.1. The van der Waals surface area contributed by atoms with E-state index in [9.17, 15) is 9.00 Å². The number of carbonyl (C=O) groups excluding carboxylic acids is 1. The topological polar surface area (TPSA) is 52.6 Å². The Morgan fingerprint density at radius 1 is 1.07 bits per heavy atom. The van der Waals surface area contributed by atoms with Crippen LogP contribution < -0.4 is 4.74 Å². The summed E-state index contributed by atoms with van der Waals surface area (Å²) in [6.45, 7) is 7.41. The van der Waals surface area contributed by atoms with Crippen LogP contribution in [0.4, 0.5) is 0 Å². The SMILES string of the molecule is COc1ccc([C@@H](CC(=O)OC(C)(C)C)[C@@H](Cl)S(=O)c2ccc(C)cc2)cc1. The number of rotatable bonds is 7. The summed E-state index contributed by atoms with van der Waals surface area (Å²) in [7, 11) is 0.1000. The maximum Gasteiger partial charge on any atom is 0.307 e. The molecule has 0 saturated carbocycles. The van der Waals surface area contributed by atoms with Gasteiger partial charge in [-0.2, -0.15) is 0 Å². The van der Waals surface area contributed by atoms with Gasteiger partial charge in [0.1, 0.15) is 16.1 Å². The zero-order valence-electron chi connectivity index (χ0n) is 16.9. The highest BCUT2D eigenvalue weighted by Gasteiger charge is 2.31. The fourth-order valence-corrected chi connectivity index (χ4v) is 4.49. The summed E-state index contributed by atoms with van der Waals surface area (Å²) in [4.78, 5) is 13.1. The predicted molar refractivity (Wildman–Crippen MR) is 113 cm³/mol. The van der Waals surface area contributed by atoms with E-state index in [0.717, 1.165) is 11.1 Å². The van der Waals surface area contributed by atoms with Crippen molar-refractivity contribution in [1.82, 2.24) is 0 Å². The van der Waals surface area contributed by atoms with E-state index in [2.05, 4.69) is 0 Å². The Morgan fingerprint density at radius 2 is 1.64 bits per heavy atom. The maximum atomic E-state index is 13.1. The Hall–Kier alpha value is -1.85. The zero-order chi connectivity index (χ0) is 20.9. The molecule has 0 aliphatic carbocycles. The van der Waals surface area contributed by atoms with E-state index in [1.54, 1.807) is 31.4 Å². The highest BCUT2D eigenvalue weighted by Crippen LogP contribution is 2.34. The Balaban J connectivity index is 2.31. The van der Waals surface area contributed by atoms with E-state index < -0.39 is 27.0 Å². The molecule has 0 radical (unpaired) electrons. The minimum Gasteiger partial charge on any atom is -0.497 e. The minimum absolute atomic E-state index is 0.0371. The highest BCUT2D eigenvalue weighted by molar-refractivity contribution is 7.87. The molecule has 2 rings (SSSR count). The van der Waals surface area contributed by atoms with Crippen LogP contribution in [0.15, 0.2) is 53.4 Å². The highest BCUT2D eigenvalue weighted by atomic mass is 35.5. The predicted octanol–water partition coefficient (Wildman–Crippen LogP) is 5.19. The van der Waals surface area contributed by atoms with Crippen LogP contribution in [0.5, 0.6) is 5.75 Å². The first-order chi connectivity index (χ1) is 13.1. The number of benzene rings is 2. The number of hydrogen-bond acceptors (Lipinski definition) is 4. The Morgan fingerprint density at radius 3 is 2.14 bits per heavy atom. The lowest BCUT2D eigenvalue weighted by Crippen LogP contribution is -2.28. The van der Waals surface area contributed by atoms with Gasteiger partial charge in [0.2, 0.25) is 0 Å². The molecular formula is C22H27ClO4S. The van der Waals surface area contributed by atoms with Crippen molar-refractivity contribution in [1.29, 1.82) is 0 Å². The number of esters is 1. The van der Waals surface area contributed by atoms with Gasteiger partial charge >= 0.3 is 5.97 Å². The van der Waals surface area contributed by atoms with Crippen LogP contribution in [0.25, 0.3) is 0 Å². The molecule has 0 aliphatic heterocycles. The monoisotopic (exact) mass is 422 g/mol. The molecule has 152 valence electrons. The fourth-order valence-electron chi connectivity index (χ4n) is 2.73. The molecule has 28 heavy (non-hydrogen) atoms. The Bertz CT molecular complexity index is 810. The van der Waals surface area contributed by atoms with Gasteiger partial charge in [0.25, 0.3) is 0 Å². The number of carbonyl (C=O) groups is 1. The number of alkyl halides is 1. The van der Waals surface area contributed by atoms with E-state index in [4.69, 9.17) is 21.1 Å². The average molecular weight is 423 g/mol. The number of halogens is 1. The van der Waals surface area contributed by atoms with Gasteiger partial charge in [-0.1, -0.05) is 29.8 Å². The van der Waals surface area contributed by atoms with E-state index in [0.29, 0.717) is 10.6 Å². The molecule has 0 aromatic heterocycles. The molecule has 0 aliphatic rings. The molecule has 0 amide bonds. The second kappa shape index (κ2) is 9.57. The van der Waals surface area contributed by atoms with Crippen molar-refractivity contribution in [3.63, 3.8) is 0 Å². The molecule has 0 saturated heterocycles. The second-order valence-electron chi connectivity index (χ2n) is 7.63. The Kier molecular flexibility index (Phi) is 7.67. The first-order valence-electron chi connectivity index (χ1n) is 9.08. The lowest BCUT2D eigenvalue weighted by Gasteiger charge is -2.25. The van der Waals surface area contributed by atoms with E-state index in [1.165, 1.54) is 0 Å². The van der Waals surface area contributed by atoms with Crippen molar-refractivity contribution < 1.29 is 18.5 Å². The normalized spacial score (nSPS) is 14.8. The molecule has 2 aromatic rings. The summed E-state index contributed by atoms with van der Waals surface area (Å²) in [5, 5.41) is 0. The summed E-state index contributed by atoms with van der Waals surface area (Å²) in [5.74, 6) is -0.144. The van der Waals surface area contributed by atoms with Crippen LogP contribution in [0.1, 0.15) is 44.2 Å². The molecule has 0 fully saturated rings. The summed E-state index contributed by atoms with van der Waals surface area (Å²) in [5.41, 5.74) is 1.29. The molecule has 0 bridgehead atoms. The fraction of sp³-hybridized carbons (Fsp3) is 0.409. The van der Waals surface area contributed by atoms with Crippen LogP contribution >= 0.6 is 11.6 Å². The van der Waals surface area contributed by atoms with Gasteiger partial charge in [0.15, 0.2) is 0 Å². The minimum atomic E-state index is -1.49. The van der Waals surface area contributed by atoms with Crippen LogP contribution in [-0.4, -0.2) is 27.6 Å². The Labute approximate surface area is 174 Å². The molecule has 1 unspecified atom stereocenters. The van der Waals surface area contributed by atoms with E-state index in [-0.39, 0.29) is 12.4 Å². The average Bonchev–Trinajstić information content (AvgIpc) is 2.64. The van der Waals surface area contributed by atoms with Gasteiger partial charge in [-0.05, 0) is 57.5 Å². The lowest BCUT2D eigenvalue weighted by atomic mass is 9.97. The van der Waals surface area contributed by atoms with Crippen LogP contribution in [0.3, 0.4) is 0 Å². The smallest absolute Gasteiger partial charge is 0.307 e. The summed E-state index contributed by atoms with van der Waals surface area (Å²) in [6, 6.07) is 14.7. The van der Waals surface area contributed by atoms with Crippen LogP contribution in [-0.2, 0) is 20.3 Å². The largest absolute Gasteiger partial charge is 0.497 e. The second-order valence-corrected chi connectivity index (χ2v) is 9.93. The number of ether oxygens (including phenoxy) is 2. The summed E-state index contributed by atoms with van der Waals surface area (Å²) >= 11 is 6.66. The third kappa shape index (κ3) is 6.35. The van der Waals surface area contributed by atoms with Crippen molar-refractivity contribution in [3.8, 4) is 5.75 Å². The molecular weight excluding hydrogens is 396 g/mol. The molecule has 2 aromatic carbocycles. The van der Waals surface area contributed by atoms with Crippen molar-refractivity contribution >= 4 is 28.4 Å².